The molecule has 20 heavy (non-hydrogen) atoms. The standard InChI is InChI=1S/C18H38N2/c1-3-5-7-8-10-12-18(11-9-6-4-2)17-20-15-13-19-14-16-20/h18-19H,3-17H2,1-2H3. The Balaban J connectivity index is 2.19. The van der Waals surface area contributed by atoms with E-state index in [1.807, 2.05) is 0 Å². The molecule has 0 aromatic rings. The molecule has 2 nitrogen and oxygen atoms in total. The van der Waals surface area contributed by atoms with Crippen molar-refractivity contribution in [2.24, 2.45) is 5.92 Å². The van der Waals surface area contributed by atoms with Gasteiger partial charge in [-0.25, -0.2) is 0 Å². The van der Waals surface area contributed by atoms with Gasteiger partial charge < -0.3 is 10.2 Å². The van der Waals surface area contributed by atoms with Gasteiger partial charge in [0.1, 0.15) is 0 Å². The van der Waals surface area contributed by atoms with Crippen LogP contribution in [0.3, 0.4) is 0 Å². The monoisotopic (exact) mass is 282 g/mol. The molecule has 1 atom stereocenters. The summed E-state index contributed by atoms with van der Waals surface area (Å²) in [5, 5.41) is 3.46. The van der Waals surface area contributed by atoms with Crippen LogP contribution >= 0.6 is 0 Å². The van der Waals surface area contributed by atoms with E-state index in [9.17, 15) is 0 Å². The Morgan fingerprint density at radius 2 is 1.35 bits per heavy atom. The molecule has 1 heterocycles. The minimum absolute atomic E-state index is 0.960. The summed E-state index contributed by atoms with van der Waals surface area (Å²) in [6, 6.07) is 0. The summed E-state index contributed by atoms with van der Waals surface area (Å²) in [7, 11) is 0. The summed E-state index contributed by atoms with van der Waals surface area (Å²) in [6.45, 7) is 10.9. The molecule has 1 fully saturated rings. The van der Waals surface area contributed by atoms with Crippen LogP contribution < -0.4 is 5.32 Å². The van der Waals surface area contributed by atoms with Crippen LogP contribution in [0.15, 0.2) is 0 Å². The summed E-state index contributed by atoms with van der Waals surface area (Å²) >= 11 is 0. The SMILES string of the molecule is CCCCCCCC(CCCCC)CN1CCNCC1. The van der Waals surface area contributed by atoms with Gasteiger partial charge in [0.15, 0.2) is 0 Å². The fourth-order valence-corrected chi connectivity index (χ4v) is 3.31. The van der Waals surface area contributed by atoms with E-state index in [0.29, 0.717) is 0 Å². The van der Waals surface area contributed by atoms with Crippen molar-refractivity contribution in [1.82, 2.24) is 10.2 Å². The van der Waals surface area contributed by atoms with Gasteiger partial charge in [0.25, 0.3) is 0 Å². The third kappa shape index (κ3) is 8.97. The van der Waals surface area contributed by atoms with Gasteiger partial charge in [-0.2, -0.15) is 0 Å². The Morgan fingerprint density at radius 1 is 0.800 bits per heavy atom. The molecule has 0 bridgehead atoms. The average molecular weight is 283 g/mol. The first kappa shape index (κ1) is 18.0. The molecule has 1 N–H and O–H groups in total. The second-order valence-electron chi connectivity index (χ2n) is 6.62. The first-order valence-corrected chi connectivity index (χ1v) is 9.29. The van der Waals surface area contributed by atoms with Crippen LogP contribution in [0.2, 0.25) is 0 Å². The highest BCUT2D eigenvalue weighted by Crippen LogP contribution is 2.19. The molecule has 0 aromatic heterocycles. The normalized spacial score (nSPS) is 18.3. The maximum atomic E-state index is 3.46. The van der Waals surface area contributed by atoms with E-state index < -0.39 is 0 Å². The molecule has 0 amide bonds. The molecule has 0 spiro atoms. The number of rotatable bonds is 12. The first-order valence-electron chi connectivity index (χ1n) is 9.29. The number of unbranched alkanes of at least 4 members (excludes halogenated alkanes) is 6. The predicted molar refractivity (Wildman–Crippen MR) is 90.3 cm³/mol. The van der Waals surface area contributed by atoms with Crippen molar-refractivity contribution in [2.45, 2.75) is 78.1 Å². The van der Waals surface area contributed by atoms with Crippen molar-refractivity contribution in [1.29, 1.82) is 0 Å². The largest absolute Gasteiger partial charge is 0.314 e. The Labute approximate surface area is 127 Å². The summed E-state index contributed by atoms with van der Waals surface area (Å²) in [4.78, 5) is 2.69. The fourth-order valence-electron chi connectivity index (χ4n) is 3.31. The highest BCUT2D eigenvalue weighted by Gasteiger charge is 2.15. The maximum Gasteiger partial charge on any atom is 0.0107 e. The minimum atomic E-state index is 0.960. The van der Waals surface area contributed by atoms with E-state index in [0.717, 1.165) is 5.92 Å². The summed E-state index contributed by atoms with van der Waals surface area (Å²) in [5.41, 5.74) is 0. The molecule has 1 aliphatic heterocycles. The van der Waals surface area contributed by atoms with Gasteiger partial charge in [-0.05, 0) is 18.8 Å². The Hall–Kier alpha value is -0.0800. The van der Waals surface area contributed by atoms with Crippen molar-refractivity contribution in [3.05, 3.63) is 0 Å². The number of hydrogen-bond acceptors (Lipinski definition) is 2. The molecule has 0 saturated carbocycles. The van der Waals surface area contributed by atoms with Gasteiger partial charge in [0, 0.05) is 32.7 Å². The van der Waals surface area contributed by atoms with Crippen LogP contribution in [0.5, 0.6) is 0 Å². The van der Waals surface area contributed by atoms with E-state index in [4.69, 9.17) is 0 Å². The van der Waals surface area contributed by atoms with Crippen LogP contribution in [0, 0.1) is 5.92 Å². The van der Waals surface area contributed by atoms with E-state index >= 15 is 0 Å². The highest BCUT2D eigenvalue weighted by atomic mass is 15.2. The van der Waals surface area contributed by atoms with Gasteiger partial charge >= 0.3 is 0 Å². The zero-order chi connectivity index (χ0) is 14.5. The topological polar surface area (TPSA) is 15.3 Å². The van der Waals surface area contributed by atoms with Gasteiger partial charge in [0.05, 0.1) is 0 Å². The lowest BCUT2D eigenvalue weighted by molar-refractivity contribution is 0.191. The zero-order valence-electron chi connectivity index (χ0n) is 14.1. The quantitative estimate of drug-likeness (QED) is 0.532. The predicted octanol–water partition coefficient (Wildman–Crippen LogP) is 4.45. The fraction of sp³-hybridized carbons (Fsp3) is 1.00. The average Bonchev–Trinajstić information content (AvgIpc) is 2.48. The zero-order valence-corrected chi connectivity index (χ0v) is 14.1. The van der Waals surface area contributed by atoms with E-state index in [2.05, 4.69) is 24.1 Å². The molecule has 1 rings (SSSR count). The van der Waals surface area contributed by atoms with Crippen molar-refractivity contribution in [3.63, 3.8) is 0 Å². The molecule has 2 heteroatoms. The second-order valence-corrected chi connectivity index (χ2v) is 6.62. The number of hydrogen-bond donors (Lipinski definition) is 1. The van der Waals surface area contributed by atoms with Crippen LogP contribution in [-0.2, 0) is 0 Å². The summed E-state index contributed by atoms with van der Waals surface area (Å²) < 4.78 is 0. The Bertz CT molecular complexity index is 200. The van der Waals surface area contributed by atoms with Gasteiger partial charge in [-0.1, -0.05) is 65.2 Å². The van der Waals surface area contributed by atoms with Crippen LogP contribution in [0.25, 0.3) is 0 Å². The van der Waals surface area contributed by atoms with E-state index in [1.165, 1.54) is 96.9 Å². The first-order chi connectivity index (χ1) is 9.86. The van der Waals surface area contributed by atoms with Crippen LogP contribution in [-0.4, -0.2) is 37.6 Å². The van der Waals surface area contributed by atoms with Crippen LogP contribution in [0.1, 0.15) is 78.1 Å². The van der Waals surface area contributed by atoms with Crippen molar-refractivity contribution in [2.75, 3.05) is 32.7 Å². The molecule has 0 aromatic carbocycles. The molecule has 0 aliphatic carbocycles. The highest BCUT2D eigenvalue weighted by molar-refractivity contribution is 4.72. The molecule has 120 valence electrons. The van der Waals surface area contributed by atoms with Gasteiger partial charge in [-0.3, -0.25) is 0 Å². The van der Waals surface area contributed by atoms with Gasteiger partial charge in [-0.15, -0.1) is 0 Å². The number of nitrogens with zero attached hydrogens (tertiary/aromatic N) is 1. The van der Waals surface area contributed by atoms with Gasteiger partial charge in [0.2, 0.25) is 0 Å². The smallest absolute Gasteiger partial charge is 0.0107 e. The van der Waals surface area contributed by atoms with Crippen molar-refractivity contribution in [3.8, 4) is 0 Å². The van der Waals surface area contributed by atoms with Crippen LogP contribution in [0.4, 0.5) is 0 Å². The third-order valence-corrected chi connectivity index (χ3v) is 4.66. The molecular weight excluding hydrogens is 244 g/mol. The number of nitrogens with one attached hydrogen (secondary N) is 1. The lowest BCUT2D eigenvalue weighted by atomic mass is 9.94. The minimum Gasteiger partial charge on any atom is -0.314 e. The van der Waals surface area contributed by atoms with E-state index in [1.54, 1.807) is 0 Å². The summed E-state index contributed by atoms with van der Waals surface area (Å²) in [6.07, 6.45) is 14.3. The number of piperazine rings is 1. The molecule has 1 unspecified atom stereocenters. The molecule has 1 saturated heterocycles. The Kier molecular flexibility index (Phi) is 11.4. The maximum absolute atomic E-state index is 3.46. The van der Waals surface area contributed by atoms with E-state index in [-0.39, 0.29) is 0 Å². The summed E-state index contributed by atoms with van der Waals surface area (Å²) in [5.74, 6) is 0.960. The van der Waals surface area contributed by atoms with Crippen molar-refractivity contribution < 1.29 is 0 Å². The lowest BCUT2D eigenvalue weighted by Gasteiger charge is -2.31. The molecule has 1 aliphatic rings. The second kappa shape index (κ2) is 12.6. The lowest BCUT2D eigenvalue weighted by Crippen LogP contribution is -2.45. The van der Waals surface area contributed by atoms with Crippen molar-refractivity contribution >= 4 is 0 Å². The Morgan fingerprint density at radius 3 is 2.00 bits per heavy atom. The third-order valence-electron chi connectivity index (χ3n) is 4.66. The molecule has 0 radical (unpaired) electrons. The molecular formula is C18H38N2.